The minimum atomic E-state index is -0.638. The third kappa shape index (κ3) is 3.78. The van der Waals surface area contributed by atoms with Crippen LogP contribution in [0.1, 0.15) is 29.9 Å². The first-order valence-electron chi connectivity index (χ1n) is 6.59. The molecule has 1 aromatic heterocycles. The van der Waals surface area contributed by atoms with Gasteiger partial charge in [0.25, 0.3) is 0 Å². The number of nitrogens with one attached hydrogen (secondary N) is 1. The summed E-state index contributed by atoms with van der Waals surface area (Å²) in [5.41, 5.74) is 8.57. The van der Waals surface area contributed by atoms with Crippen LogP contribution in [0.25, 0.3) is 0 Å². The van der Waals surface area contributed by atoms with Gasteiger partial charge in [-0.2, -0.15) is 5.10 Å². The largest absolute Gasteiger partial charge is 0.340 e. The molecule has 1 aromatic rings. The van der Waals surface area contributed by atoms with Crippen molar-refractivity contribution in [2.45, 2.75) is 26.8 Å². The molecule has 0 bridgehead atoms. The van der Waals surface area contributed by atoms with Gasteiger partial charge in [-0.3, -0.25) is 9.89 Å². The zero-order valence-corrected chi connectivity index (χ0v) is 12.5. The fraction of sp³-hybridized carbons (Fsp3) is 0.692. The number of aromatic nitrogens is 2. The smallest absolute Gasteiger partial charge is 0.244 e. The SMILES string of the molecule is CCN(CCN(C)C)C(=O)C(N)c1c(C)n[nH]c1C. The maximum Gasteiger partial charge on any atom is 0.244 e. The Morgan fingerprint density at radius 2 is 2.00 bits per heavy atom. The predicted octanol–water partition coefficient (Wildman–Crippen LogP) is 0.436. The first kappa shape index (κ1) is 15.7. The van der Waals surface area contributed by atoms with E-state index in [0.717, 1.165) is 23.5 Å². The van der Waals surface area contributed by atoms with E-state index in [4.69, 9.17) is 5.73 Å². The summed E-state index contributed by atoms with van der Waals surface area (Å²) >= 11 is 0. The van der Waals surface area contributed by atoms with Crippen LogP contribution in [-0.4, -0.2) is 59.6 Å². The lowest BCUT2D eigenvalue weighted by atomic mass is 10.0. The molecule has 1 atom stereocenters. The molecular weight excluding hydrogens is 242 g/mol. The van der Waals surface area contributed by atoms with Gasteiger partial charge in [-0.1, -0.05) is 0 Å². The van der Waals surface area contributed by atoms with Gasteiger partial charge in [-0.25, -0.2) is 0 Å². The number of likely N-dealkylation sites (N-methyl/N-ethyl adjacent to an activating group) is 2. The lowest BCUT2D eigenvalue weighted by Crippen LogP contribution is -2.42. The molecule has 1 heterocycles. The van der Waals surface area contributed by atoms with Gasteiger partial charge in [0, 0.05) is 30.9 Å². The molecule has 0 aliphatic rings. The van der Waals surface area contributed by atoms with Crippen LogP contribution >= 0.6 is 0 Å². The summed E-state index contributed by atoms with van der Waals surface area (Å²) in [4.78, 5) is 16.3. The van der Waals surface area contributed by atoms with Crippen molar-refractivity contribution >= 4 is 5.91 Å². The van der Waals surface area contributed by atoms with Crippen molar-refractivity contribution in [2.24, 2.45) is 5.73 Å². The van der Waals surface area contributed by atoms with Crippen LogP contribution in [0.5, 0.6) is 0 Å². The number of aryl methyl sites for hydroxylation is 2. The molecule has 19 heavy (non-hydrogen) atoms. The molecule has 0 aliphatic heterocycles. The first-order chi connectivity index (χ1) is 8.88. The average molecular weight is 267 g/mol. The van der Waals surface area contributed by atoms with Gasteiger partial charge in [0.1, 0.15) is 6.04 Å². The third-order valence-corrected chi connectivity index (χ3v) is 3.27. The Balaban J connectivity index is 2.80. The zero-order chi connectivity index (χ0) is 14.6. The Morgan fingerprint density at radius 1 is 1.37 bits per heavy atom. The number of carbonyl (C=O) groups excluding carboxylic acids is 1. The lowest BCUT2D eigenvalue weighted by molar-refractivity contribution is -0.132. The van der Waals surface area contributed by atoms with Crippen molar-refractivity contribution in [3.05, 3.63) is 17.0 Å². The number of rotatable bonds is 6. The van der Waals surface area contributed by atoms with Crippen molar-refractivity contribution in [1.82, 2.24) is 20.0 Å². The van der Waals surface area contributed by atoms with Crippen molar-refractivity contribution in [2.75, 3.05) is 33.7 Å². The summed E-state index contributed by atoms with van der Waals surface area (Å²) in [5.74, 6) is -0.0445. The van der Waals surface area contributed by atoms with E-state index >= 15 is 0 Å². The van der Waals surface area contributed by atoms with Crippen LogP contribution < -0.4 is 5.73 Å². The zero-order valence-electron chi connectivity index (χ0n) is 12.5. The molecule has 0 saturated heterocycles. The quantitative estimate of drug-likeness (QED) is 0.784. The minimum absolute atomic E-state index is 0.0445. The van der Waals surface area contributed by atoms with Crippen LogP contribution in [0.15, 0.2) is 0 Å². The van der Waals surface area contributed by atoms with E-state index in [0.29, 0.717) is 13.1 Å². The Labute approximate surface area is 114 Å². The van der Waals surface area contributed by atoms with Crippen molar-refractivity contribution in [1.29, 1.82) is 0 Å². The van der Waals surface area contributed by atoms with E-state index < -0.39 is 6.04 Å². The highest BCUT2D eigenvalue weighted by molar-refractivity contribution is 5.83. The molecule has 6 heteroatoms. The third-order valence-electron chi connectivity index (χ3n) is 3.27. The number of nitrogens with two attached hydrogens (primary N) is 1. The van der Waals surface area contributed by atoms with Gasteiger partial charge < -0.3 is 15.5 Å². The number of amides is 1. The van der Waals surface area contributed by atoms with Crippen molar-refractivity contribution in [3.8, 4) is 0 Å². The van der Waals surface area contributed by atoms with E-state index in [-0.39, 0.29) is 5.91 Å². The van der Waals surface area contributed by atoms with Crippen molar-refractivity contribution < 1.29 is 4.79 Å². The topological polar surface area (TPSA) is 78.2 Å². The van der Waals surface area contributed by atoms with Crippen LogP contribution in [0.2, 0.25) is 0 Å². The highest BCUT2D eigenvalue weighted by atomic mass is 16.2. The monoisotopic (exact) mass is 267 g/mol. The first-order valence-corrected chi connectivity index (χ1v) is 6.59. The van der Waals surface area contributed by atoms with Gasteiger partial charge in [-0.05, 0) is 34.9 Å². The Morgan fingerprint density at radius 3 is 2.42 bits per heavy atom. The van der Waals surface area contributed by atoms with E-state index in [1.165, 1.54) is 0 Å². The van der Waals surface area contributed by atoms with E-state index in [1.54, 1.807) is 4.90 Å². The van der Waals surface area contributed by atoms with Crippen LogP contribution in [0.3, 0.4) is 0 Å². The second-order valence-electron chi connectivity index (χ2n) is 5.05. The fourth-order valence-electron chi connectivity index (χ4n) is 2.08. The molecule has 3 N–H and O–H groups in total. The number of aromatic amines is 1. The number of nitrogens with zero attached hydrogens (tertiary/aromatic N) is 3. The highest BCUT2D eigenvalue weighted by Crippen LogP contribution is 2.19. The molecular formula is C13H25N5O. The molecule has 108 valence electrons. The summed E-state index contributed by atoms with van der Waals surface area (Å²) in [7, 11) is 3.98. The van der Waals surface area contributed by atoms with Gasteiger partial charge in [0.05, 0.1) is 5.69 Å². The van der Waals surface area contributed by atoms with Crippen molar-refractivity contribution in [3.63, 3.8) is 0 Å². The fourth-order valence-corrected chi connectivity index (χ4v) is 2.08. The number of hydrogen-bond donors (Lipinski definition) is 2. The molecule has 1 unspecified atom stereocenters. The Kier molecular flexibility index (Phi) is 5.50. The lowest BCUT2D eigenvalue weighted by Gasteiger charge is -2.26. The highest BCUT2D eigenvalue weighted by Gasteiger charge is 2.25. The van der Waals surface area contributed by atoms with Crippen LogP contribution in [0.4, 0.5) is 0 Å². The second-order valence-corrected chi connectivity index (χ2v) is 5.05. The summed E-state index contributed by atoms with van der Waals surface area (Å²) in [5, 5.41) is 6.97. The standard InChI is InChI=1S/C13H25N5O/c1-6-18(8-7-17(4)5)13(19)12(14)11-9(2)15-16-10(11)3/h12H,6-8,14H2,1-5H3,(H,15,16). The Bertz CT molecular complexity index is 407. The van der Waals surface area contributed by atoms with E-state index in [2.05, 4.69) is 15.1 Å². The summed E-state index contributed by atoms with van der Waals surface area (Å²) in [6, 6.07) is -0.638. The summed E-state index contributed by atoms with van der Waals surface area (Å²) in [6.07, 6.45) is 0. The van der Waals surface area contributed by atoms with Gasteiger partial charge >= 0.3 is 0 Å². The van der Waals surface area contributed by atoms with Crippen LogP contribution in [-0.2, 0) is 4.79 Å². The normalized spacial score (nSPS) is 12.8. The number of carbonyl (C=O) groups is 1. The molecule has 0 spiro atoms. The maximum absolute atomic E-state index is 12.4. The average Bonchev–Trinajstić information content (AvgIpc) is 2.68. The van der Waals surface area contributed by atoms with Crippen LogP contribution in [0, 0.1) is 13.8 Å². The predicted molar refractivity (Wildman–Crippen MR) is 75.8 cm³/mol. The molecule has 0 aliphatic carbocycles. The number of hydrogen-bond acceptors (Lipinski definition) is 4. The molecule has 0 saturated carbocycles. The molecule has 1 rings (SSSR count). The van der Waals surface area contributed by atoms with E-state index in [1.807, 2.05) is 34.9 Å². The Hall–Kier alpha value is -1.40. The van der Waals surface area contributed by atoms with Gasteiger partial charge in [0.2, 0.25) is 5.91 Å². The van der Waals surface area contributed by atoms with E-state index in [9.17, 15) is 4.79 Å². The maximum atomic E-state index is 12.4. The second kappa shape index (κ2) is 6.68. The number of H-pyrrole nitrogens is 1. The molecule has 1 amide bonds. The van der Waals surface area contributed by atoms with Gasteiger partial charge in [-0.15, -0.1) is 0 Å². The summed E-state index contributed by atoms with van der Waals surface area (Å²) in [6.45, 7) is 7.90. The molecule has 0 aromatic carbocycles. The van der Waals surface area contributed by atoms with Gasteiger partial charge in [0.15, 0.2) is 0 Å². The summed E-state index contributed by atoms with van der Waals surface area (Å²) < 4.78 is 0. The molecule has 6 nitrogen and oxygen atoms in total. The molecule has 0 radical (unpaired) electrons. The molecule has 0 fully saturated rings. The minimum Gasteiger partial charge on any atom is -0.340 e.